The first-order chi connectivity index (χ1) is 9.89. The van der Waals surface area contributed by atoms with E-state index in [1.54, 1.807) is 0 Å². The molecule has 21 heavy (non-hydrogen) atoms. The van der Waals surface area contributed by atoms with Crippen LogP contribution in [0.3, 0.4) is 0 Å². The van der Waals surface area contributed by atoms with Crippen molar-refractivity contribution in [2.75, 3.05) is 13.1 Å². The largest absolute Gasteiger partial charge is 0.317 e. The summed E-state index contributed by atoms with van der Waals surface area (Å²) in [6, 6.07) is 0. The highest BCUT2D eigenvalue weighted by Gasteiger charge is 2.22. The highest BCUT2D eigenvalue weighted by Crippen LogP contribution is 2.29. The number of hydrogen-bond acceptors (Lipinski definition) is 4. The summed E-state index contributed by atoms with van der Waals surface area (Å²) in [5, 5.41) is 3.47. The van der Waals surface area contributed by atoms with Crippen molar-refractivity contribution in [2.24, 2.45) is 5.92 Å². The fourth-order valence-electron chi connectivity index (χ4n) is 2.79. The van der Waals surface area contributed by atoms with Gasteiger partial charge in [-0.2, -0.15) is 0 Å². The summed E-state index contributed by atoms with van der Waals surface area (Å²) in [6.07, 6.45) is 3.51. The van der Waals surface area contributed by atoms with Crippen molar-refractivity contribution < 1.29 is 0 Å². The van der Waals surface area contributed by atoms with Crippen LogP contribution in [0.2, 0.25) is 0 Å². The lowest BCUT2D eigenvalue weighted by atomic mass is 9.86. The Labute approximate surface area is 133 Å². The molecular formula is C17H29N3S. The predicted octanol–water partition coefficient (Wildman–Crippen LogP) is 3.53. The van der Waals surface area contributed by atoms with E-state index >= 15 is 0 Å². The highest BCUT2D eigenvalue weighted by molar-refractivity contribution is 7.99. The van der Waals surface area contributed by atoms with Gasteiger partial charge in [-0.15, -0.1) is 11.8 Å². The molecule has 0 saturated carbocycles. The van der Waals surface area contributed by atoms with Gasteiger partial charge in [0, 0.05) is 16.1 Å². The van der Waals surface area contributed by atoms with Crippen LogP contribution in [0.25, 0.3) is 0 Å². The van der Waals surface area contributed by atoms with Crippen LogP contribution in [-0.4, -0.2) is 27.8 Å². The summed E-state index contributed by atoms with van der Waals surface area (Å²) in [6.45, 7) is 13.2. The number of aromatic nitrogens is 2. The third-order valence-corrected chi connectivity index (χ3v) is 5.21. The maximum atomic E-state index is 4.84. The summed E-state index contributed by atoms with van der Waals surface area (Å²) in [4.78, 5) is 9.59. The number of fused-ring (bicyclic) bond motifs is 1. The molecule has 0 bridgehead atoms. The van der Waals surface area contributed by atoms with Crippen LogP contribution >= 0.6 is 11.8 Å². The Bertz CT molecular complexity index is 480. The monoisotopic (exact) mass is 307 g/mol. The molecule has 0 amide bonds. The SMILES string of the molecule is CCNCC1CCc2nc(CSC(C)(C)C)nc(C)c2C1. The molecule has 4 heteroatoms. The molecule has 3 nitrogen and oxygen atoms in total. The number of aryl methyl sites for hydroxylation is 2. The van der Waals surface area contributed by atoms with Gasteiger partial charge in [-0.1, -0.05) is 27.7 Å². The van der Waals surface area contributed by atoms with E-state index in [9.17, 15) is 0 Å². The molecule has 0 aromatic carbocycles. The van der Waals surface area contributed by atoms with Crippen molar-refractivity contribution in [3.05, 3.63) is 22.8 Å². The third kappa shape index (κ3) is 4.96. The topological polar surface area (TPSA) is 37.8 Å². The second-order valence-electron chi connectivity index (χ2n) is 6.97. The summed E-state index contributed by atoms with van der Waals surface area (Å²) in [5.74, 6) is 2.67. The summed E-state index contributed by atoms with van der Waals surface area (Å²) in [7, 11) is 0. The van der Waals surface area contributed by atoms with E-state index in [2.05, 4.69) is 39.9 Å². The lowest BCUT2D eigenvalue weighted by Crippen LogP contribution is -2.28. The van der Waals surface area contributed by atoms with Gasteiger partial charge in [0.05, 0.1) is 5.75 Å². The average Bonchev–Trinajstić information content (AvgIpc) is 2.42. The molecule has 0 spiro atoms. The number of rotatable bonds is 5. The van der Waals surface area contributed by atoms with Gasteiger partial charge in [0.25, 0.3) is 0 Å². The van der Waals surface area contributed by atoms with E-state index in [-0.39, 0.29) is 4.75 Å². The third-order valence-electron chi connectivity index (χ3n) is 3.95. The molecule has 2 rings (SSSR count). The molecule has 1 aliphatic carbocycles. The normalized spacial score (nSPS) is 18.6. The standard InChI is InChI=1S/C17H29N3S/c1-6-18-10-13-7-8-15-14(9-13)12(2)19-16(20-15)11-21-17(3,4)5/h13,18H,6-11H2,1-5H3. The van der Waals surface area contributed by atoms with Crippen molar-refractivity contribution >= 4 is 11.8 Å². The molecule has 118 valence electrons. The number of thioether (sulfide) groups is 1. The smallest absolute Gasteiger partial charge is 0.138 e. The lowest BCUT2D eigenvalue weighted by Gasteiger charge is -2.26. The van der Waals surface area contributed by atoms with Crippen molar-refractivity contribution in [3.8, 4) is 0 Å². The molecule has 0 fully saturated rings. The fraction of sp³-hybridized carbons (Fsp3) is 0.765. The van der Waals surface area contributed by atoms with E-state index in [1.165, 1.54) is 23.4 Å². The van der Waals surface area contributed by atoms with Crippen LogP contribution in [-0.2, 0) is 18.6 Å². The zero-order valence-electron chi connectivity index (χ0n) is 14.1. The first-order valence-electron chi connectivity index (χ1n) is 8.09. The maximum absolute atomic E-state index is 4.84. The number of nitrogens with one attached hydrogen (secondary N) is 1. The second kappa shape index (κ2) is 7.10. The van der Waals surface area contributed by atoms with Crippen molar-refractivity contribution in [1.29, 1.82) is 0 Å². The van der Waals surface area contributed by atoms with E-state index < -0.39 is 0 Å². The van der Waals surface area contributed by atoms with Gasteiger partial charge in [-0.25, -0.2) is 9.97 Å². The van der Waals surface area contributed by atoms with Crippen molar-refractivity contribution in [2.45, 2.75) is 64.4 Å². The number of nitrogens with zero attached hydrogens (tertiary/aromatic N) is 2. The van der Waals surface area contributed by atoms with E-state index in [1.807, 2.05) is 11.8 Å². The molecule has 0 aliphatic heterocycles. The van der Waals surface area contributed by atoms with Crippen LogP contribution in [0.15, 0.2) is 0 Å². The van der Waals surface area contributed by atoms with Crippen molar-refractivity contribution in [3.63, 3.8) is 0 Å². The van der Waals surface area contributed by atoms with Gasteiger partial charge in [-0.05, 0) is 50.8 Å². The van der Waals surface area contributed by atoms with E-state index in [4.69, 9.17) is 9.97 Å². The zero-order chi connectivity index (χ0) is 15.5. The predicted molar refractivity (Wildman–Crippen MR) is 91.9 cm³/mol. The molecule has 1 aromatic heterocycles. The van der Waals surface area contributed by atoms with Gasteiger partial charge in [0.1, 0.15) is 5.82 Å². The molecule has 1 aliphatic rings. The molecule has 1 unspecified atom stereocenters. The van der Waals surface area contributed by atoms with Crippen LogP contribution < -0.4 is 5.32 Å². The van der Waals surface area contributed by atoms with Crippen LogP contribution in [0, 0.1) is 12.8 Å². The van der Waals surface area contributed by atoms with Gasteiger partial charge in [0.15, 0.2) is 0 Å². The number of hydrogen-bond donors (Lipinski definition) is 1. The molecule has 1 atom stereocenters. The van der Waals surface area contributed by atoms with Gasteiger partial charge in [0.2, 0.25) is 0 Å². The zero-order valence-corrected chi connectivity index (χ0v) is 14.9. The molecule has 1 aromatic rings. The molecule has 1 N–H and O–H groups in total. The minimum Gasteiger partial charge on any atom is -0.317 e. The second-order valence-corrected chi connectivity index (χ2v) is 8.77. The molecule has 1 heterocycles. The van der Waals surface area contributed by atoms with Gasteiger partial charge >= 0.3 is 0 Å². The maximum Gasteiger partial charge on any atom is 0.138 e. The molecule has 0 radical (unpaired) electrons. The minimum atomic E-state index is 0.268. The highest BCUT2D eigenvalue weighted by atomic mass is 32.2. The summed E-state index contributed by atoms with van der Waals surface area (Å²) in [5.41, 5.74) is 3.92. The fourth-order valence-corrected chi connectivity index (χ4v) is 3.48. The summed E-state index contributed by atoms with van der Waals surface area (Å²) < 4.78 is 0.268. The Morgan fingerprint density at radius 2 is 2.05 bits per heavy atom. The van der Waals surface area contributed by atoms with E-state index in [0.717, 1.165) is 43.4 Å². The van der Waals surface area contributed by atoms with Crippen LogP contribution in [0.1, 0.15) is 56.9 Å². The van der Waals surface area contributed by atoms with Crippen molar-refractivity contribution in [1.82, 2.24) is 15.3 Å². The first kappa shape index (κ1) is 16.8. The summed E-state index contributed by atoms with van der Waals surface area (Å²) >= 11 is 1.92. The Balaban J connectivity index is 2.07. The van der Waals surface area contributed by atoms with E-state index in [0.29, 0.717) is 0 Å². The lowest BCUT2D eigenvalue weighted by molar-refractivity contribution is 0.422. The Kier molecular flexibility index (Phi) is 5.67. The average molecular weight is 308 g/mol. The molecule has 0 saturated heterocycles. The quantitative estimate of drug-likeness (QED) is 0.903. The molecular weight excluding hydrogens is 278 g/mol. The van der Waals surface area contributed by atoms with Crippen LogP contribution in [0.4, 0.5) is 0 Å². The van der Waals surface area contributed by atoms with Gasteiger partial charge in [-0.3, -0.25) is 0 Å². The Morgan fingerprint density at radius 3 is 2.71 bits per heavy atom. The van der Waals surface area contributed by atoms with Gasteiger partial charge < -0.3 is 5.32 Å². The minimum absolute atomic E-state index is 0.268. The Hall–Kier alpha value is -0.610. The first-order valence-corrected chi connectivity index (χ1v) is 9.07. The Morgan fingerprint density at radius 1 is 1.29 bits per heavy atom. The van der Waals surface area contributed by atoms with Crippen LogP contribution in [0.5, 0.6) is 0 Å².